The van der Waals surface area contributed by atoms with Crippen LogP contribution >= 0.6 is 0 Å². The normalized spacial score (nSPS) is 12.4. The van der Waals surface area contributed by atoms with Gasteiger partial charge >= 0.3 is 17.9 Å². The summed E-state index contributed by atoms with van der Waals surface area (Å²) in [5.41, 5.74) is 0. The Bertz CT molecular complexity index is 1390. The molecule has 0 saturated carbocycles. The van der Waals surface area contributed by atoms with Gasteiger partial charge in [-0.1, -0.05) is 313 Å². The lowest BCUT2D eigenvalue weighted by molar-refractivity contribution is -0.167. The standard InChI is InChI=1S/C72H130O6/c1-4-7-10-13-16-19-22-25-28-30-31-32-33-34-35-36-37-38-39-40-41-42-45-47-50-53-56-59-62-65-71(74)77-68-69(67-76-70(73)64-61-58-55-52-49-46-43-27-24-21-18-15-12-9-6-3)78-72(75)66-63-60-57-54-51-48-44-29-26-23-20-17-14-11-8-5-2/h18,21-22,25,27,30-31,33-34,43,69H,4-17,19-20,23-24,26,28-29,32,35-42,44-68H2,1-3H3/b21-18-,25-22-,31-30-,34-33-,43-27-. The fourth-order valence-electron chi connectivity index (χ4n) is 10.1. The summed E-state index contributed by atoms with van der Waals surface area (Å²) in [5, 5.41) is 0. The summed E-state index contributed by atoms with van der Waals surface area (Å²) in [5.74, 6) is -0.868. The number of hydrogen-bond donors (Lipinski definition) is 0. The first-order chi connectivity index (χ1) is 38.5. The Labute approximate surface area is 485 Å². The van der Waals surface area contributed by atoms with E-state index >= 15 is 0 Å². The monoisotopic (exact) mass is 1090 g/mol. The van der Waals surface area contributed by atoms with Crippen LogP contribution in [0.1, 0.15) is 361 Å². The van der Waals surface area contributed by atoms with E-state index in [1.54, 1.807) is 0 Å². The first kappa shape index (κ1) is 75.1. The van der Waals surface area contributed by atoms with E-state index < -0.39 is 6.10 Å². The zero-order chi connectivity index (χ0) is 56.4. The third kappa shape index (κ3) is 63.9. The third-order valence-corrected chi connectivity index (χ3v) is 15.2. The van der Waals surface area contributed by atoms with Gasteiger partial charge in [0.15, 0.2) is 6.10 Å². The molecule has 0 bridgehead atoms. The molecule has 0 aliphatic heterocycles. The number of carbonyl (C=O) groups is 3. The summed E-state index contributed by atoms with van der Waals surface area (Å²) >= 11 is 0. The SMILES string of the molecule is CCCCC/C=C\C/C=C\CCCCCCCC(=O)OCC(COC(=O)CCCCCCCCCCCCCCCC/C=C\C/C=C\C/C=C\CCCCCCC)OC(=O)CCCCCCCCCCCCCCCCCC. The van der Waals surface area contributed by atoms with Crippen LogP contribution in [-0.4, -0.2) is 37.2 Å². The van der Waals surface area contributed by atoms with Crippen LogP contribution in [-0.2, 0) is 28.6 Å². The maximum Gasteiger partial charge on any atom is 0.306 e. The molecule has 6 nitrogen and oxygen atoms in total. The van der Waals surface area contributed by atoms with Crippen LogP contribution in [0.15, 0.2) is 60.8 Å². The zero-order valence-electron chi connectivity index (χ0n) is 52.2. The molecule has 0 aromatic rings. The topological polar surface area (TPSA) is 78.9 Å². The van der Waals surface area contributed by atoms with Crippen molar-refractivity contribution in [2.75, 3.05) is 13.2 Å². The number of carbonyl (C=O) groups excluding carboxylic acids is 3. The molecule has 0 amide bonds. The van der Waals surface area contributed by atoms with Gasteiger partial charge in [-0.05, 0) is 89.9 Å². The van der Waals surface area contributed by atoms with Crippen molar-refractivity contribution in [3.05, 3.63) is 60.8 Å². The molecule has 0 aliphatic rings. The van der Waals surface area contributed by atoms with E-state index in [0.717, 1.165) is 89.9 Å². The molecule has 0 aliphatic carbocycles. The van der Waals surface area contributed by atoms with Crippen LogP contribution in [0.25, 0.3) is 0 Å². The van der Waals surface area contributed by atoms with Crippen LogP contribution < -0.4 is 0 Å². The second-order valence-electron chi connectivity index (χ2n) is 23.1. The zero-order valence-corrected chi connectivity index (χ0v) is 52.2. The van der Waals surface area contributed by atoms with Crippen molar-refractivity contribution in [3.8, 4) is 0 Å². The first-order valence-corrected chi connectivity index (χ1v) is 34.3. The number of hydrogen-bond acceptors (Lipinski definition) is 6. The first-order valence-electron chi connectivity index (χ1n) is 34.3. The summed E-state index contributed by atoms with van der Waals surface area (Å²) in [6.07, 6.45) is 85.2. The summed E-state index contributed by atoms with van der Waals surface area (Å²) in [6.45, 7) is 6.64. The molecular weight excluding hydrogens is 961 g/mol. The highest BCUT2D eigenvalue weighted by Gasteiger charge is 2.19. The van der Waals surface area contributed by atoms with Gasteiger partial charge in [-0.2, -0.15) is 0 Å². The largest absolute Gasteiger partial charge is 0.462 e. The Kier molecular flexibility index (Phi) is 64.2. The molecule has 0 radical (unpaired) electrons. The van der Waals surface area contributed by atoms with E-state index in [-0.39, 0.29) is 31.1 Å². The minimum absolute atomic E-state index is 0.0750. The van der Waals surface area contributed by atoms with Crippen LogP contribution in [0.3, 0.4) is 0 Å². The Morgan fingerprint density at radius 2 is 0.462 bits per heavy atom. The fraction of sp³-hybridized carbons (Fsp3) is 0.819. The van der Waals surface area contributed by atoms with Crippen molar-refractivity contribution < 1.29 is 28.6 Å². The molecule has 0 saturated heterocycles. The number of allylic oxidation sites excluding steroid dienone is 10. The highest BCUT2D eigenvalue weighted by atomic mass is 16.6. The van der Waals surface area contributed by atoms with Gasteiger partial charge in [0, 0.05) is 19.3 Å². The summed E-state index contributed by atoms with van der Waals surface area (Å²) < 4.78 is 17.0. The number of ether oxygens (including phenoxy) is 3. The fourth-order valence-corrected chi connectivity index (χ4v) is 10.1. The molecule has 0 heterocycles. The number of esters is 3. The highest BCUT2D eigenvalue weighted by molar-refractivity contribution is 5.71. The summed E-state index contributed by atoms with van der Waals surface area (Å²) in [6, 6.07) is 0. The third-order valence-electron chi connectivity index (χ3n) is 15.2. The predicted molar refractivity (Wildman–Crippen MR) is 339 cm³/mol. The lowest BCUT2D eigenvalue weighted by atomic mass is 10.0. The molecule has 1 unspecified atom stereocenters. The maximum absolute atomic E-state index is 12.9. The smallest absolute Gasteiger partial charge is 0.306 e. The molecule has 0 aromatic carbocycles. The molecule has 454 valence electrons. The van der Waals surface area contributed by atoms with E-state index in [0.29, 0.717) is 19.3 Å². The molecule has 78 heavy (non-hydrogen) atoms. The Balaban J connectivity index is 4.24. The molecule has 0 rings (SSSR count). The second kappa shape index (κ2) is 66.6. The van der Waals surface area contributed by atoms with Crippen molar-refractivity contribution in [2.45, 2.75) is 367 Å². The van der Waals surface area contributed by atoms with E-state index in [2.05, 4.69) is 81.5 Å². The molecule has 1 atom stereocenters. The quantitative estimate of drug-likeness (QED) is 0.0261. The van der Waals surface area contributed by atoms with Gasteiger partial charge in [0.2, 0.25) is 0 Å². The van der Waals surface area contributed by atoms with Gasteiger partial charge in [0.1, 0.15) is 13.2 Å². The summed E-state index contributed by atoms with van der Waals surface area (Å²) in [4.78, 5) is 38.4. The van der Waals surface area contributed by atoms with Crippen molar-refractivity contribution in [1.82, 2.24) is 0 Å². The minimum Gasteiger partial charge on any atom is -0.462 e. The van der Waals surface area contributed by atoms with Crippen molar-refractivity contribution >= 4 is 17.9 Å². The lowest BCUT2D eigenvalue weighted by Crippen LogP contribution is -2.30. The highest BCUT2D eigenvalue weighted by Crippen LogP contribution is 2.17. The van der Waals surface area contributed by atoms with Gasteiger partial charge in [0.25, 0.3) is 0 Å². The van der Waals surface area contributed by atoms with Crippen LogP contribution in [0, 0.1) is 0 Å². The van der Waals surface area contributed by atoms with E-state index in [1.807, 2.05) is 0 Å². The molecular formula is C72H130O6. The maximum atomic E-state index is 12.9. The van der Waals surface area contributed by atoms with Gasteiger partial charge in [0.05, 0.1) is 0 Å². The van der Waals surface area contributed by atoms with E-state index in [4.69, 9.17) is 14.2 Å². The second-order valence-corrected chi connectivity index (χ2v) is 23.1. The number of unbranched alkanes of at least 4 members (excludes halogenated alkanes) is 42. The Morgan fingerprint density at radius 1 is 0.256 bits per heavy atom. The molecule has 0 fully saturated rings. The predicted octanol–water partition coefficient (Wildman–Crippen LogP) is 23.5. The Morgan fingerprint density at radius 3 is 0.744 bits per heavy atom. The molecule has 0 spiro atoms. The van der Waals surface area contributed by atoms with Gasteiger partial charge in [-0.25, -0.2) is 0 Å². The van der Waals surface area contributed by atoms with Crippen molar-refractivity contribution in [3.63, 3.8) is 0 Å². The van der Waals surface area contributed by atoms with E-state index in [9.17, 15) is 14.4 Å². The van der Waals surface area contributed by atoms with Crippen LogP contribution in [0.2, 0.25) is 0 Å². The molecule has 0 aromatic heterocycles. The number of rotatable bonds is 63. The van der Waals surface area contributed by atoms with Crippen molar-refractivity contribution in [2.24, 2.45) is 0 Å². The molecule has 0 N–H and O–H groups in total. The van der Waals surface area contributed by atoms with Crippen LogP contribution in [0.4, 0.5) is 0 Å². The van der Waals surface area contributed by atoms with Gasteiger partial charge < -0.3 is 14.2 Å². The van der Waals surface area contributed by atoms with Crippen LogP contribution in [0.5, 0.6) is 0 Å². The van der Waals surface area contributed by atoms with E-state index in [1.165, 1.54) is 231 Å². The minimum atomic E-state index is -0.779. The van der Waals surface area contributed by atoms with Gasteiger partial charge in [-0.3, -0.25) is 14.4 Å². The van der Waals surface area contributed by atoms with Gasteiger partial charge in [-0.15, -0.1) is 0 Å². The summed E-state index contributed by atoms with van der Waals surface area (Å²) in [7, 11) is 0. The average Bonchev–Trinajstić information content (AvgIpc) is 3.44. The Hall–Kier alpha value is -2.89. The lowest BCUT2D eigenvalue weighted by Gasteiger charge is -2.18. The average molecular weight is 1090 g/mol. The molecule has 6 heteroatoms. The van der Waals surface area contributed by atoms with Crippen molar-refractivity contribution in [1.29, 1.82) is 0 Å².